The van der Waals surface area contributed by atoms with Crippen LogP contribution in [0.5, 0.6) is 0 Å². The van der Waals surface area contributed by atoms with Gasteiger partial charge in [0, 0.05) is 23.0 Å². The Hall–Kier alpha value is -4.28. The minimum atomic E-state index is -3.56. The summed E-state index contributed by atoms with van der Waals surface area (Å²) in [5.41, 5.74) is 8.95. The van der Waals surface area contributed by atoms with Crippen LogP contribution < -0.4 is 21.1 Å². The highest BCUT2D eigenvalue weighted by molar-refractivity contribution is 7.89. The van der Waals surface area contributed by atoms with Gasteiger partial charge in [0.2, 0.25) is 15.9 Å². The number of nitrogens with two attached hydrogens (primary N) is 1. The lowest BCUT2D eigenvalue weighted by atomic mass is 10.0. The van der Waals surface area contributed by atoms with Crippen molar-refractivity contribution < 1.29 is 13.2 Å². The summed E-state index contributed by atoms with van der Waals surface area (Å²) in [7, 11) is -2.19. The predicted molar refractivity (Wildman–Crippen MR) is 132 cm³/mol. The van der Waals surface area contributed by atoms with Crippen LogP contribution in [0.2, 0.25) is 0 Å². The Morgan fingerprint density at radius 3 is 2.03 bits per heavy atom. The Labute approximate surface area is 197 Å². The van der Waals surface area contributed by atoms with E-state index in [1.165, 1.54) is 25.5 Å². The highest BCUT2D eigenvalue weighted by Crippen LogP contribution is 2.26. The lowest BCUT2D eigenvalue weighted by Gasteiger charge is -2.11. The second kappa shape index (κ2) is 9.69. The van der Waals surface area contributed by atoms with E-state index >= 15 is 0 Å². The van der Waals surface area contributed by atoms with Crippen molar-refractivity contribution in [1.82, 2.24) is 14.7 Å². The molecule has 0 saturated carbocycles. The normalized spacial score (nSPS) is 11.1. The molecule has 10 heteroatoms. The number of sulfonamides is 1. The third kappa shape index (κ3) is 5.37. The third-order valence-corrected chi connectivity index (χ3v) is 6.38. The molecule has 0 atom stereocenters. The molecule has 0 aliphatic carbocycles. The first-order chi connectivity index (χ1) is 16.3. The van der Waals surface area contributed by atoms with Crippen LogP contribution >= 0.6 is 0 Å². The van der Waals surface area contributed by atoms with E-state index in [9.17, 15) is 13.2 Å². The van der Waals surface area contributed by atoms with Gasteiger partial charge in [0.05, 0.1) is 4.90 Å². The second-order valence-electron chi connectivity index (χ2n) is 7.30. The van der Waals surface area contributed by atoms with Crippen LogP contribution in [0.15, 0.2) is 90.1 Å². The van der Waals surface area contributed by atoms with E-state index in [0.29, 0.717) is 22.9 Å². The maximum atomic E-state index is 12.0. The summed E-state index contributed by atoms with van der Waals surface area (Å²) in [6, 6.07) is 22.9. The molecule has 9 nitrogen and oxygen atoms in total. The standard InChI is InChI=1S/C24H22N6O3S/c1-26-34(32,33)21-10-4-9-20(13-21)30-23-14-22(27-15-28-23)29-19-8-3-6-17(12-19)16-5-2-7-18(11-16)24(25)31/h2-15,26H,1H3,(H2,25,31)(H2,27,28,29,30). The Morgan fingerprint density at radius 2 is 1.38 bits per heavy atom. The summed E-state index contributed by atoms with van der Waals surface area (Å²) in [6.07, 6.45) is 1.40. The molecule has 0 unspecified atom stereocenters. The minimum Gasteiger partial charge on any atom is -0.366 e. The SMILES string of the molecule is CNS(=O)(=O)c1cccc(Nc2cc(Nc3cccc(-c4cccc(C(N)=O)c4)c3)ncn2)c1. The summed E-state index contributed by atoms with van der Waals surface area (Å²) < 4.78 is 26.4. The number of aromatic nitrogens is 2. The average molecular weight is 475 g/mol. The van der Waals surface area contributed by atoms with E-state index in [2.05, 4.69) is 25.3 Å². The average Bonchev–Trinajstić information content (AvgIpc) is 2.85. The summed E-state index contributed by atoms with van der Waals surface area (Å²) in [6.45, 7) is 0. The van der Waals surface area contributed by atoms with Crippen molar-refractivity contribution >= 4 is 38.9 Å². The van der Waals surface area contributed by atoms with E-state index in [0.717, 1.165) is 16.8 Å². The maximum Gasteiger partial charge on any atom is 0.248 e. The van der Waals surface area contributed by atoms with Gasteiger partial charge in [-0.1, -0.05) is 30.3 Å². The molecule has 172 valence electrons. The number of nitrogens with zero attached hydrogens (tertiary/aromatic N) is 2. The van der Waals surface area contributed by atoms with Gasteiger partial charge in [0.25, 0.3) is 0 Å². The van der Waals surface area contributed by atoms with E-state index in [-0.39, 0.29) is 4.90 Å². The lowest BCUT2D eigenvalue weighted by Crippen LogP contribution is -2.18. The smallest absolute Gasteiger partial charge is 0.248 e. The van der Waals surface area contributed by atoms with Gasteiger partial charge >= 0.3 is 0 Å². The fourth-order valence-corrected chi connectivity index (χ4v) is 4.05. The van der Waals surface area contributed by atoms with Crippen molar-refractivity contribution in [1.29, 1.82) is 0 Å². The molecule has 0 aliphatic heterocycles. The van der Waals surface area contributed by atoms with E-state index in [1.807, 2.05) is 30.3 Å². The lowest BCUT2D eigenvalue weighted by molar-refractivity contribution is 0.100. The summed E-state index contributed by atoms with van der Waals surface area (Å²) in [4.78, 5) is 20.1. The predicted octanol–water partition coefficient (Wildman–Crippen LogP) is 3.64. The van der Waals surface area contributed by atoms with Gasteiger partial charge in [-0.15, -0.1) is 0 Å². The maximum absolute atomic E-state index is 12.0. The van der Waals surface area contributed by atoms with Crippen LogP contribution in [0.4, 0.5) is 23.0 Å². The van der Waals surface area contributed by atoms with Gasteiger partial charge in [-0.2, -0.15) is 0 Å². The Kier molecular flexibility index (Phi) is 6.53. The number of carbonyl (C=O) groups is 1. The first kappa shape index (κ1) is 22.9. The van der Waals surface area contributed by atoms with Gasteiger partial charge in [0.15, 0.2) is 0 Å². The van der Waals surface area contributed by atoms with Crippen LogP contribution in [0.25, 0.3) is 11.1 Å². The molecule has 0 saturated heterocycles. The van der Waals surface area contributed by atoms with E-state index in [4.69, 9.17) is 5.73 Å². The molecule has 0 bridgehead atoms. The van der Waals surface area contributed by atoms with Crippen molar-refractivity contribution in [2.75, 3.05) is 17.7 Å². The Morgan fingerprint density at radius 1 is 0.794 bits per heavy atom. The molecule has 0 spiro atoms. The summed E-state index contributed by atoms with van der Waals surface area (Å²) in [5, 5.41) is 6.33. The number of carbonyl (C=O) groups excluding carboxylic acids is 1. The van der Waals surface area contributed by atoms with Gasteiger partial charge < -0.3 is 16.4 Å². The largest absolute Gasteiger partial charge is 0.366 e. The van der Waals surface area contributed by atoms with Crippen LogP contribution in [0, 0.1) is 0 Å². The number of nitrogens with one attached hydrogen (secondary N) is 3. The molecule has 3 aromatic carbocycles. The number of amides is 1. The summed E-state index contributed by atoms with van der Waals surface area (Å²) in [5.74, 6) is 0.549. The Balaban J connectivity index is 1.54. The van der Waals surface area contributed by atoms with Crippen LogP contribution in [0.1, 0.15) is 10.4 Å². The zero-order valence-corrected chi connectivity index (χ0v) is 19.0. The highest BCUT2D eigenvalue weighted by Gasteiger charge is 2.12. The van der Waals surface area contributed by atoms with Gasteiger partial charge in [-0.3, -0.25) is 4.79 Å². The van der Waals surface area contributed by atoms with Gasteiger partial charge in [0.1, 0.15) is 18.0 Å². The zero-order valence-electron chi connectivity index (χ0n) is 18.2. The van der Waals surface area contributed by atoms with Crippen molar-refractivity contribution in [3.8, 4) is 11.1 Å². The molecular formula is C24H22N6O3S. The molecule has 34 heavy (non-hydrogen) atoms. The van der Waals surface area contributed by atoms with Crippen molar-refractivity contribution in [2.45, 2.75) is 4.90 Å². The van der Waals surface area contributed by atoms with Crippen LogP contribution in [-0.4, -0.2) is 31.3 Å². The number of hydrogen-bond donors (Lipinski definition) is 4. The Bertz CT molecular complexity index is 1460. The van der Waals surface area contributed by atoms with E-state index < -0.39 is 15.9 Å². The summed E-state index contributed by atoms with van der Waals surface area (Å²) >= 11 is 0. The molecule has 4 rings (SSSR count). The first-order valence-corrected chi connectivity index (χ1v) is 11.7. The fraction of sp³-hybridized carbons (Fsp3) is 0.0417. The number of rotatable bonds is 8. The molecule has 0 aliphatic rings. The minimum absolute atomic E-state index is 0.143. The molecule has 1 heterocycles. The fourth-order valence-electron chi connectivity index (χ4n) is 3.28. The monoisotopic (exact) mass is 474 g/mol. The first-order valence-electron chi connectivity index (χ1n) is 10.2. The van der Waals surface area contributed by atoms with Crippen LogP contribution in [0.3, 0.4) is 0 Å². The van der Waals surface area contributed by atoms with Gasteiger partial charge in [-0.25, -0.2) is 23.1 Å². The molecule has 1 amide bonds. The molecule has 5 N–H and O–H groups in total. The molecule has 0 fully saturated rings. The number of hydrogen-bond acceptors (Lipinski definition) is 7. The second-order valence-corrected chi connectivity index (χ2v) is 9.19. The topological polar surface area (TPSA) is 139 Å². The quantitative estimate of drug-likeness (QED) is 0.306. The van der Waals surface area contributed by atoms with Crippen LogP contribution in [-0.2, 0) is 10.0 Å². The van der Waals surface area contributed by atoms with Crippen molar-refractivity contribution in [3.05, 3.63) is 90.8 Å². The number of anilines is 4. The molecular weight excluding hydrogens is 452 g/mol. The zero-order chi connectivity index (χ0) is 24.1. The molecule has 4 aromatic rings. The van der Waals surface area contributed by atoms with E-state index in [1.54, 1.807) is 36.4 Å². The van der Waals surface area contributed by atoms with Gasteiger partial charge in [-0.05, 0) is 60.6 Å². The number of benzene rings is 3. The highest BCUT2D eigenvalue weighted by atomic mass is 32.2. The molecule has 0 radical (unpaired) electrons. The number of primary amides is 1. The van der Waals surface area contributed by atoms with Crippen molar-refractivity contribution in [3.63, 3.8) is 0 Å². The van der Waals surface area contributed by atoms with Crippen molar-refractivity contribution in [2.24, 2.45) is 5.73 Å². The third-order valence-electron chi connectivity index (χ3n) is 4.97. The molecule has 1 aromatic heterocycles.